The fraction of sp³-hybridized carbons (Fsp3) is 0.867. The number of rotatable bonds is 4. The Morgan fingerprint density at radius 3 is 2.52 bits per heavy atom. The SMILES string of the molecule is CC(C)NC(=O)N1CCC(C(=O)NCC2CCCO2)CC1. The van der Waals surface area contributed by atoms with E-state index in [1.807, 2.05) is 13.8 Å². The van der Waals surface area contributed by atoms with E-state index in [1.54, 1.807) is 4.90 Å². The van der Waals surface area contributed by atoms with Crippen molar-refractivity contribution >= 4 is 11.9 Å². The highest BCUT2D eigenvalue weighted by Gasteiger charge is 2.28. The lowest BCUT2D eigenvalue weighted by atomic mass is 9.96. The molecule has 6 heteroatoms. The Labute approximate surface area is 126 Å². The molecule has 0 radical (unpaired) electrons. The molecule has 2 saturated heterocycles. The van der Waals surface area contributed by atoms with Crippen molar-refractivity contribution in [2.75, 3.05) is 26.2 Å². The maximum absolute atomic E-state index is 12.1. The van der Waals surface area contributed by atoms with Gasteiger partial charge in [-0.15, -0.1) is 0 Å². The van der Waals surface area contributed by atoms with Crippen molar-refractivity contribution in [3.63, 3.8) is 0 Å². The van der Waals surface area contributed by atoms with E-state index in [0.29, 0.717) is 19.6 Å². The third kappa shape index (κ3) is 4.88. The number of nitrogens with zero attached hydrogens (tertiary/aromatic N) is 1. The minimum atomic E-state index is -0.0248. The van der Waals surface area contributed by atoms with Gasteiger partial charge < -0.3 is 20.3 Å². The van der Waals surface area contributed by atoms with E-state index in [4.69, 9.17) is 4.74 Å². The third-order valence-corrected chi connectivity index (χ3v) is 4.09. The molecule has 1 atom stereocenters. The fourth-order valence-electron chi connectivity index (χ4n) is 2.85. The van der Waals surface area contributed by atoms with E-state index < -0.39 is 0 Å². The number of urea groups is 1. The molecule has 120 valence electrons. The summed E-state index contributed by atoms with van der Waals surface area (Å²) in [6.07, 6.45) is 3.79. The van der Waals surface area contributed by atoms with Gasteiger partial charge in [0.25, 0.3) is 0 Å². The van der Waals surface area contributed by atoms with Gasteiger partial charge in [-0.25, -0.2) is 4.79 Å². The zero-order valence-corrected chi connectivity index (χ0v) is 13.1. The molecule has 0 aromatic heterocycles. The molecule has 0 aromatic rings. The Kier molecular flexibility index (Phi) is 5.85. The van der Waals surface area contributed by atoms with Gasteiger partial charge in [-0.2, -0.15) is 0 Å². The van der Waals surface area contributed by atoms with Gasteiger partial charge in [0.1, 0.15) is 0 Å². The molecule has 0 aliphatic carbocycles. The standard InChI is InChI=1S/C15H27N3O3/c1-11(2)17-15(20)18-7-5-12(6-8-18)14(19)16-10-13-4-3-9-21-13/h11-13H,3-10H2,1-2H3,(H,16,19)(H,17,20). The number of carbonyl (C=O) groups is 2. The van der Waals surface area contributed by atoms with E-state index in [1.165, 1.54) is 0 Å². The third-order valence-electron chi connectivity index (χ3n) is 4.09. The normalized spacial score (nSPS) is 23.4. The number of carbonyl (C=O) groups excluding carboxylic acids is 2. The second kappa shape index (κ2) is 7.64. The number of hydrogen-bond acceptors (Lipinski definition) is 3. The largest absolute Gasteiger partial charge is 0.376 e. The molecule has 21 heavy (non-hydrogen) atoms. The number of piperidine rings is 1. The lowest BCUT2D eigenvalue weighted by Crippen LogP contribution is -2.48. The lowest BCUT2D eigenvalue weighted by Gasteiger charge is -2.32. The van der Waals surface area contributed by atoms with Crippen molar-refractivity contribution in [3.05, 3.63) is 0 Å². The first-order chi connectivity index (χ1) is 10.1. The van der Waals surface area contributed by atoms with Crippen LogP contribution in [-0.2, 0) is 9.53 Å². The average molecular weight is 297 g/mol. The number of likely N-dealkylation sites (tertiary alicyclic amines) is 1. The zero-order chi connectivity index (χ0) is 15.2. The molecule has 0 bridgehead atoms. The Hall–Kier alpha value is -1.30. The zero-order valence-electron chi connectivity index (χ0n) is 13.1. The molecule has 2 heterocycles. The highest BCUT2D eigenvalue weighted by atomic mass is 16.5. The molecular formula is C15H27N3O3. The molecule has 0 spiro atoms. The number of nitrogens with one attached hydrogen (secondary N) is 2. The van der Waals surface area contributed by atoms with Crippen LogP contribution in [0.2, 0.25) is 0 Å². The Bertz CT molecular complexity index is 359. The van der Waals surface area contributed by atoms with Gasteiger partial charge in [-0.1, -0.05) is 0 Å². The first-order valence-electron chi connectivity index (χ1n) is 8.01. The predicted molar refractivity (Wildman–Crippen MR) is 79.9 cm³/mol. The van der Waals surface area contributed by atoms with Crippen LogP contribution in [0.3, 0.4) is 0 Å². The molecule has 2 aliphatic rings. The molecular weight excluding hydrogens is 270 g/mol. The second-order valence-corrected chi connectivity index (χ2v) is 6.25. The highest BCUT2D eigenvalue weighted by Crippen LogP contribution is 2.18. The van der Waals surface area contributed by atoms with Gasteiger partial charge in [0.2, 0.25) is 5.91 Å². The molecule has 2 rings (SSSR count). The highest BCUT2D eigenvalue weighted by molar-refractivity contribution is 5.79. The Morgan fingerprint density at radius 1 is 1.24 bits per heavy atom. The van der Waals surface area contributed by atoms with Crippen molar-refractivity contribution in [2.45, 2.75) is 51.7 Å². The Balaban J connectivity index is 1.67. The van der Waals surface area contributed by atoms with Crippen LogP contribution in [0.25, 0.3) is 0 Å². The summed E-state index contributed by atoms with van der Waals surface area (Å²) in [6.45, 7) is 6.62. The fourth-order valence-corrected chi connectivity index (χ4v) is 2.85. The van der Waals surface area contributed by atoms with Crippen LogP contribution in [0.4, 0.5) is 4.79 Å². The minimum Gasteiger partial charge on any atom is -0.376 e. The van der Waals surface area contributed by atoms with Crippen LogP contribution in [0.5, 0.6) is 0 Å². The summed E-state index contributed by atoms with van der Waals surface area (Å²) in [6, 6.07) is 0.119. The number of ether oxygens (including phenoxy) is 1. The number of hydrogen-bond donors (Lipinski definition) is 2. The summed E-state index contributed by atoms with van der Waals surface area (Å²) in [5, 5.41) is 5.88. The number of amides is 3. The molecule has 2 aliphatic heterocycles. The van der Waals surface area contributed by atoms with Crippen LogP contribution in [-0.4, -0.2) is 55.2 Å². The molecule has 0 aromatic carbocycles. The second-order valence-electron chi connectivity index (χ2n) is 6.25. The molecule has 3 amide bonds. The van der Waals surface area contributed by atoms with Crippen LogP contribution in [0, 0.1) is 5.92 Å². The first kappa shape index (κ1) is 16.1. The molecule has 0 saturated carbocycles. The van der Waals surface area contributed by atoms with Crippen LogP contribution >= 0.6 is 0 Å². The maximum atomic E-state index is 12.1. The van der Waals surface area contributed by atoms with E-state index in [0.717, 1.165) is 32.3 Å². The van der Waals surface area contributed by atoms with Crippen LogP contribution < -0.4 is 10.6 Å². The van der Waals surface area contributed by atoms with Gasteiger partial charge in [-0.3, -0.25) is 4.79 Å². The van der Waals surface area contributed by atoms with Crippen LogP contribution in [0.1, 0.15) is 39.5 Å². The quantitative estimate of drug-likeness (QED) is 0.816. The summed E-state index contributed by atoms with van der Waals surface area (Å²) in [5.74, 6) is 0.129. The smallest absolute Gasteiger partial charge is 0.317 e. The molecule has 1 unspecified atom stereocenters. The van der Waals surface area contributed by atoms with Crippen molar-refractivity contribution in [2.24, 2.45) is 5.92 Å². The van der Waals surface area contributed by atoms with Gasteiger partial charge in [0.05, 0.1) is 6.10 Å². The first-order valence-corrected chi connectivity index (χ1v) is 8.01. The summed E-state index contributed by atoms with van der Waals surface area (Å²) >= 11 is 0. The summed E-state index contributed by atoms with van der Waals surface area (Å²) in [4.78, 5) is 25.8. The molecule has 2 N–H and O–H groups in total. The van der Waals surface area contributed by atoms with E-state index in [-0.39, 0.29) is 30.0 Å². The van der Waals surface area contributed by atoms with E-state index in [9.17, 15) is 9.59 Å². The molecule has 6 nitrogen and oxygen atoms in total. The van der Waals surface area contributed by atoms with Gasteiger partial charge in [-0.05, 0) is 39.5 Å². The lowest BCUT2D eigenvalue weighted by molar-refractivity contribution is -0.126. The molecule has 2 fully saturated rings. The van der Waals surface area contributed by atoms with Crippen molar-refractivity contribution in [3.8, 4) is 0 Å². The monoisotopic (exact) mass is 297 g/mol. The van der Waals surface area contributed by atoms with E-state index >= 15 is 0 Å². The van der Waals surface area contributed by atoms with E-state index in [2.05, 4.69) is 10.6 Å². The van der Waals surface area contributed by atoms with Gasteiger partial charge >= 0.3 is 6.03 Å². The maximum Gasteiger partial charge on any atom is 0.317 e. The van der Waals surface area contributed by atoms with Crippen molar-refractivity contribution in [1.29, 1.82) is 0 Å². The van der Waals surface area contributed by atoms with Crippen molar-refractivity contribution < 1.29 is 14.3 Å². The topological polar surface area (TPSA) is 70.7 Å². The summed E-state index contributed by atoms with van der Waals surface area (Å²) in [5.41, 5.74) is 0. The minimum absolute atomic E-state index is 0.0227. The summed E-state index contributed by atoms with van der Waals surface area (Å²) < 4.78 is 5.50. The average Bonchev–Trinajstić information content (AvgIpc) is 2.97. The van der Waals surface area contributed by atoms with Gasteiger partial charge in [0, 0.05) is 38.2 Å². The van der Waals surface area contributed by atoms with Crippen molar-refractivity contribution in [1.82, 2.24) is 15.5 Å². The van der Waals surface area contributed by atoms with Crippen LogP contribution in [0.15, 0.2) is 0 Å². The predicted octanol–water partition coefficient (Wildman–Crippen LogP) is 1.11. The van der Waals surface area contributed by atoms with Gasteiger partial charge in [0.15, 0.2) is 0 Å². The summed E-state index contributed by atoms with van der Waals surface area (Å²) in [7, 11) is 0. The Morgan fingerprint density at radius 2 is 1.95 bits per heavy atom.